The van der Waals surface area contributed by atoms with E-state index in [1.54, 1.807) is 12.3 Å². The molecule has 0 saturated carbocycles. The van der Waals surface area contributed by atoms with Crippen LogP contribution in [0.25, 0.3) is 0 Å². The molecule has 1 heterocycles. The molecule has 3 aromatic rings. The van der Waals surface area contributed by atoms with Gasteiger partial charge in [0.2, 0.25) is 0 Å². The van der Waals surface area contributed by atoms with Crippen molar-refractivity contribution in [3.05, 3.63) is 107 Å². The van der Waals surface area contributed by atoms with E-state index in [1.807, 2.05) is 19.1 Å². The monoisotopic (exact) mass is 498 g/mol. The number of ether oxygens (including phenoxy) is 2. The van der Waals surface area contributed by atoms with Gasteiger partial charge in [-0.3, -0.25) is 4.99 Å². The molecule has 3 aromatic carbocycles. The van der Waals surface area contributed by atoms with Gasteiger partial charge in [0.05, 0.1) is 23.4 Å². The third kappa shape index (κ3) is 4.91. The van der Waals surface area contributed by atoms with E-state index < -0.39 is 0 Å². The molecule has 5 heteroatoms. The number of benzene rings is 3. The molecular formula is C31H31ClN2O2. The highest BCUT2D eigenvalue weighted by atomic mass is 35.5. The Balaban J connectivity index is 1.35. The lowest BCUT2D eigenvalue weighted by atomic mass is 9.76. The van der Waals surface area contributed by atoms with Crippen LogP contribution in [0.4, 0.5) is 11.4 Å². The fourth-order valence-corrected chi connectivity index (χ4v) is 5.44. The summed E-state index contributed by atoms with van der Waals surface area (Å²) in [4.78, 5) is 4.68. The fourth-order valence-electron chi connectivity index (χ4n) is 5.17. The van der Waals surface area contributed by atoms with Gasteiger partial charge in [-0.1, -0.05) is 66.2 Å². The Morgan fingerprint density at radius 3 is 2.72 bits per heavy atom. The zero-order chi connectivity index (χ0) is 25.1. The fraction of sp³-hybridized carbons (Fsp3) is 0.258. The maximum Gasteiger partial charge on any atom is 0.180 e. The second kappa shape index (κ2) is 10.6. The van der Waals surface area contributed by atoms with Crippen molar-refractivity contribution >= 4 is 29.2 Å². The van der Waals surface area contributed by atoms with Crippen LogP contribution in [0.1, 0.15) is 47.6 Å². The van der Waals surface area contributed by atoms with Gasteiger partial charge in [-0.25, -0.2) is 0 Å². The van der Waals surface area contributed by atoms with E-state index in [-0.39, 0.29) is 6.04 Å². The Hall–Kier alpha value is -3.50. The molecule has 184 valence electrons. The van der Waals surface area contributed by atoms with Crippen molar-refractivity contribution in [1.29, 1.82) is 0 Å². The number of halogens is 1. The molecule has 2 aliphatic rings. The van der Waals surface area contributed by atoms with Crippen LogP contribution >= 0.6 is 11.6 Å². The van der Waals surface area contributed by atoms with Gasteiger partial charge in [0.15, 0.2) is 11.5 Å². The van der Waals surface area contributed by atoms with Crippen LogP contribution in [0.3, 0.4) is 0 Å². The standard InChI is InChI=1S/C31H31ClN2O2/c1-4-15-36-31-27(32)17-21(18-29(31)35-5-2)19-33-23-12-10-22(11-13-23)30-25-8-6-7-24(25)26-16-20(3)9-14-28(26)34-30/h4,6-7,9-14,16-19,24-25,30,34H,1,5,8,15H2,2-3H3/t24-,25+,30+/m1/s1. The number of aryl methyl sites for hydroxylation is 1. The summed E-state index contributed by atoms with van der Waals surface area (Å²) in [5.74, 6) is 2.11. The van der Waals surface area contributed by atoms with E-state index in [0.717, 1.165) is 17.7 Å². The predicted octanol–water partition coefficient (Wildman–Crippen LogP) is 8.19. The van der Waals surface area contributed by atoms with Gasteiger partial charge in [-0.15, -0.1) is 0 Å². The summed E-state index contributed by atoms with van der Waals surface area (Å²) < 4.78 is 11.4. The summed E-state index contributed by atoms with van der Waals surface area (Å²) in [7, 11) is 0. The molecule has 0 radical (unpaired) electrons. The minimum absolute atomic E-state index is 0.272. The van der Waals surface area contributed by atoms with Crippen LogP contribution in [0.15, 0.2) is 84.4 Å². The van der Waals surface area contributed by atoms with Gasteiger partial charge in [-0.05, 0) is 73.2 Å². The SMILES string of the molecule is C=CCOc1c(Cl)cc(C=Nc2ccc([C@@H]3Nc4ccc(C)cc4[C@@H]4C=CC[C@@H]43)cc2)cc1OCC. The topological polar surface area (TPSA) is 42.8 Å². The van der Waals surface area contributed by atoms with Gasteiger partial charge in [-0.2, -0.15) is 0 Å². The molecule has 0 unspecified atom stereocenters. The Morgan fingerprint density at radius 1 is 1.11 bits per heavy atom. The molecule has 36 heavy (non-hydrogen) atoms. The molecule has 0 fully saturated rings. The van der Waals surface area contributed by atoms with E-state index >= 15 is 0 Å². The molecule has 1 aliphatic carbocycles. The second-order valence-electron chi connectivity index (χ2n) is 9.28. The predicted molar refractivity (Wildman–Crippen MR) is 150 cm³/mol. The number of hydrogen-bond donors (Lipinski definition) is 1. The van der Waals surface area contributed by atoms with E-state index in [2.05, 4.69) is 78.4 Å². The number of hydrogen-bond acceptors (Lipinski definition) is 4. The molecule has 0 bridgehead atoms. The molecule has 0 amide bonds. The number of rotatable bonds is 8. The van der Waals surface area contributed by atoms with Crippen molar-refractivity contribution in [2.75, 3.05) is 18.5 Å². The molecule has 1 N–H and O–H groups in total. The quantitative estimate of drug-likeness (QED) is 0.251. The van der Waals surface area contributed by atoms with E-state index in [4.69, 9.17) is 21.1 Å². The smallest absolute Gasteiger partial charge is 0.180 e. The van der Waals surface area contributed by atoms with E-state index in [9.17, 15) is 0 Å². The van der Waals surface area contributed by atoms with Crippen molar-refractivity contribution < 1.29 is 9.47 Å². The zero-order valence-electron chi connectivity index (χ0n) is 20.7. The van der Waals surface area contributed by atoms with Gasteiger partial charge < -0.3 is 14.8 Å². The van der Waals surface area contributed by atoms with Gasteiger partial charge in [0.1, 0.15) is 6.61 Å². The summed E-state index contributed by atoms with van der Waals surface area (Å²) in [6.07, 6.45) is 9.28. The highest BCUT2D eigenvalue weighted by Gasteiger charge is 2.37. The van der Waals surface area contributed by atoms with Crippen molar-refractivity contribution in [3.63, 3.8) is 0 Å². The molecule has 0 saturated heterocycles. The third-order valence-corrected chi connectivity index (χ3v) is 7.09. The van der Waals surface area contributed by atoms with Crippen LogP contribution in [-0.4, -0.2) is 19.4 Å². The second-order valence-corrected chi connectivity index (χ2v) is 9.69. The highest BCUT2D eigenvalue weighted by molar-refractivity contribution is 6.32. The Bertz CT molecular complexity index is 1310. The number of nitrogens with one attached hydrogen (secondary N) is 1. The first-order valence-electron chi connectivity index (χ1n) is 12.4. The van der Waals surface area contributed by atoms with Crippen molar-refractivity contribution in [3.8, 4) is 11.5 Å². The number of anilines is 1. The van der Waals surface area contributed by atoms with Crippen LogP contribution in [0.5, 0.6) is 11.5 Å². The normalized spacial score (nSPS) is 20.0. The Labute approximate surface area is 218 Å². The first-order chi connectivity index (χ1) is 17.6. The average Bonchev–Trinajstić information content (AvgIpc) is 3.38. The highest BCUT2D eigenvalue weighted by Crippen LogP contribution is 2.50. The van der Waals surface area contributed by atoms with Crippen LogP contribution in [0, 0.1) is 12.8 Å². The van der Waals surface area contributed by atoms with Crippen molar-refractivity contribution in [2.24, 2.45) is 10.9 Å². The van der Waals surface area contributed by atoms with Crippen molar-refractivity contribution in [1.82, 2.24) is 0 Å². The van der Waals surface area contributed by atoms with Crippen molar-refractivity contribution in [2.45, 2.75) is 32.2 Å². The van der Waals surface area contributed by atoms with Crippen LogP contribution in [0.2, 0.25) is 5.02 Å². The average molecular weight is 499 g/mol. The lowest BCUT2D eigenvalue weighted by Crippen LogP contribution is -2.29. The van der Waals surface area contributed by atoms with E-state index in [0.29, 0.717) is 41.6 Å². The number of fused-ring (bicyclic) bond motifs is 3. The molecule has 4 nitrogen and oxygen atoms in total. The summed E-state index contributed by atoms with van der Waals surface area (Å²) in [6.45, 7) is 8.65. The minimum Gasteiger partial charge on any atom is -0.490 e. The molecular weight excluding hydrogens is 468 g/mol. The zero-order valence-corrected chi connectivity index (χ0v) is 21.5. The Kier molecular flexibility index (Phi) is 7.15. The molecule has 0 spiro atoms. The Morgan fingerprint density at radius 2 is 1.94 bits per heavy atom. The van der Waals surface area contributed by atoms with Gasteiger partial charge in [0.25, 0.3) is 0 Å². The molecule has 0 aromatic heterocycles. The number of nitrogens with zero attached hydrogens (tertiary/aromatic N) is 1. The third-order valence-electron chi connectivity index (χ3n) is 6.81. The minimum atomic E-state index is 0.272. The van der Waals surface area contributed by atoms with Gasteiger partial charge in [0, 0.05) is 17.8 Å². The first-order valence-corrected chi connectivity index (χ1v) is 12.8. The first kappa shape index (κ1) is 24.2. The molecule has 5 rings (SSSR count). The lowest BCUT2D eigenvalue weighted by molar-refractivity contribution is 0.297. The van der Waals surface area contributed by atoms with Crippen LogP contribution < -0.4 is 14.8 Å². The van der Waals surface area contributed by atoms with Crippen LogP contribution in [-0.2, 0) is 0 Å². The number of allylic oxidation sites excluding steroid dienone is 2. The maximum absolute atomic E-state index is 6.47. The number of aliphatic imine (C=N–C) groups is 1. The van der Waals surface area contributed by atoms with E-state index in [1.165, 1.54) is 22.4 Å². The molecule has 1 aliphatic heterocycles. The summed E-state index contributed by atoms with van der Waals surface area (Å²) >= 11 is 6.47. The molecule has 3 atom stereocenters. The summed E-state index contributed by atoms with van der Waals surface area (Å²) in [5, 5.41) is 4.29. The maximum atomic E-state index is 6.47. The largest absolute Gasteiger partial charge is 0.490 e. The van der Waals surface area contributed by atoms with Gasteiger partial charge >= 0.3 is 0 Å². The summed E-state index contributed by atoms with van der Waals surface area (Å²) in [5.41, 5.74) is 6.97. The summed E-state index contributed by atoms with van der Waals surface area (Å²) in [6, 6.07) is 19.2. The lowest BCUT2D eigenvalue weighted by Gasteiger charge is -2.37.